The van der Waals surface area contributed by atoms with Crippen LogP contribution in [0, 0.1) is 0 Å². The van der Waals surface area contributed by atoms with Crippen molar-refractivity contribution < 1.29 is 13.2 Å². The molecule has 0 spiro atoms. The number of aryl methyl sites for hydroxylation is 1. The van der Waals surface area contributed by atoms with E-state index in [1.807, 2.05) is 48.1 Å². The van der Waals surface area contributed by atoms with Crippen LogP contribution in [0.15, 0.2) is 71.9 Å². The van der Waals surface area contributed by atoms with Gasteiger partial charge < -0.3 is 4.57 Å². The maximum atomic E-state index is 12.8. The zero-order valence-corrected chi connectivity index (χ0v) is 19.4. The van der Waals surface area contributed by atoms with Gasteiger partial charge in [0, 0.05) is 36.6 Å². The Hall–Kier alpha value is -3.34. The molecule has 8 nitrogen and oxygen atoms in total. The number of benzene rings is 2. The Kier molecular flexibility index (Phi) is 5.57. The molecule has 2 aromatic carbocycles. The van der Waals surface area contributed by atoms with E-state index >= 15 is 0 Å². The maximum Gasteiger partial charge on any atom is 0.257 e. The van der Waals surface area contributed by atoms with Crippen LogP contribution in [0.3, 0.4) is 0 Å². The second kappa shape index (κ2) is 8.54. The molecule has 33 heavy (non-hydrogen) atoms. The van der Waals surface area contributed by atoms with Crippen LogP contribution in [0.25, 0.3) is 22.0 Å². The van der Waals surface area contributed by atoms with E-state index in [0.29, 0.717) is 10.7 Å². The summed E-state index contributed by atoms with van der Waals surface area (Å²) in [6.45, 7) is 0. The molecule has 0 atom stereocenters. The molecule has 2 N–H and O–H groups in total. The van der Waals surface area contributed by atoms with E-state index in [9.17, 15) is 13.2 Å². The average Bonchev–Trinajstić information content (AvgIpc) is 3.35. The first-order valence-electron chi connectivity index (χ1n) is 10.4. The molecule has 0 unspecified atom stereocenters. The lowest BCUT2D eigenvalue weighted by Crippen LogP contribution is -2.25. The van der Waals surface area contributed by atoms with Crippen molar-refractivity contribution in [1.82, 2.24) is 19.3 Å². The molecule has 0 radical (unpaired) electrons. The lowest BCUT2D eigenvalue weighted by molar-refractivity contribution is 0.102. The van der Waals surface area contributed by atoms with Gasteiger partial charge in [0.1, 0.15) is 0 Å². The molecule has 1 saturated carbocycles. The van der Waals surface area contributed by atoms with E-state index in [1.54, 1.807) is 6.20 Å². The Morgan fingerprint density at radius 1 is 1.09 bits per heavy atom. The Balaban J connectivity index is 1.40. The SMILES string of the molecule is Cn1ccnc1-c1sc(NC(=O)c2ccc(S(=O)(=O)NC3CC3)cc2)nc1-c1ccccc1. The Morgan fingerprint density at radius 2 is 1.82 bits per heavy atom. The number of hydrogen-bond acceptors (Lipinski definition) is 6. The van der Waals surface area contributed by atoms with Crippen molar-refractivity contribution in [3.63, 3.8) is 0 Å². The third-order valence-corrected chi connectivity index (χ3v) is 7.75. The van der Waals surface area contributed by atoms with Gasteiger partial charge in [0.25, 0.3) is 5.91 Å². The van der Waals surface area contributed by atoms with E-state index in [0.717, 1.165) is 34.8 Å². The van der Waals surface area contributed by atoms with Gasteiger partial charge >= 0.3 is 0 Å². The van der Waals surface area contributed by atoms with Crippen molar-refractivity contribution in [2.24, 2.45) is 7.05 Å². The molecular weight excluding hydrogens is 458 g/mol. The van der Waals surface area contributed by atoms with E-state index in [4.69, 9.17) is 0 Å². The van der Waals surface area contributed by atoms with Gasteiger partial charge in [-0.2, -0.15) is 0 Å². The van der Waals surface area contributed by atoms with E-state index in [1.165, 1.54) is 35.6 Å². The van der Waals surface area contributed by atoms with Crippen LogP contribution in [0.1, 0.15) is 23.2 Å². The molecular formula is C23H21N5O3S2. The fourth-order valence-electron chi connectivity index (χ4n) is 3.34. The van der Waals surface area contributed by atoms with Gasteiger partial charge in [0.15, 0.2) is 11.0 Å². The van der Waals surface area contributed by atoms with Crippen molar-refractivity contribution >= 4 is 32.4 Å². The number of carbonyl (C=O) groups is 1. The minimum absolute atomic E-state index is 0.0228. The van der Waals surface area contributed by atoms with Crippen LogP contribution in [-0.4, -0.2) is 34.9 Å². The summed E-state index contributed by atoms with van der Waals surface area (Å²) in [7, 11) is -1.66. The molecule has 5 rings (SSSR count). The fraction of sp³-hybridized carbons (Fsp3) is 0.174. The Morgan fingerprint density at radius 3 is 2.45 bits per heavy atom. The van der Waals surface area contributed by atoms with Crippen LogP contribution in [0.5, 0.6) is 0 Å². The summed E-state index contributed by atoms with van der Waals surface area (Å²) in [6.07, 6.45) is 5.29. The third-order valence-electron chi connectivity index (χ3n) is 5.25. The van der Waals surface area contributed by atoms with E-state index < -0.39 is 10.0 Å². The number of amides is 1. The summed E-state index contributed by atoms with van der Waals surface area (Å²) in [5.74, 6) is 0.387. The van der Waals surface area contributed by atoms with Gasteiger partial charge in [-0.1, -0.05) is 41.7 Å². The number of nitrogens with one attached hydrogen (secondary N) is 2. The summed E-state index contributed by atoms with van der Waals surface area (Å²) >= 11 is 1.34. The standard InChI is InChI=1S/C23H21N5O3S2/c1-28-14-13-24-21(28)20-19(15-5-3-2-4-6-15)25-23(32-20)26-22(29)16-7-11-18(12-8-16)33(30,31)27-17-9-10-17/h2-8,11-14,17,27H,9-10H2,1H3,(H,25,26,29). The minimum atomic E-state index is -3.56. The number of hydrogen-bond donors (Lipinski definition) is 2. The predicted molar refractivity (Wildman–Crippen MR) is 127 cm³/mol. The first-order valence-corrected chi connectivity index (χ1v) is 12.7. The topological polar surface area (TPSA) is 106 Å². The zero-order valence-electron chi connectivity index (χ0n) is 17.7. The van der Waals surface area contributed by atoms with Crippen LogP contribution in [-0.2, 0) is 17.1 Å². The highest BCUT2D eigenvalue weighted by molar-refractivity contribution is 7.89. The number of imidazole rings is 1. The van der Waals surface area contributed by atoms with Crippen molar-refractivity contribution in [2.45, 2.75) is 23.8 Å². The number of thiazole rings is 1. The molecule has 2 heterocycles. The summed E-state index contributed by atoms with van der Waals surface area (Å²) in [5.41, 5.74) is 2.00. The fourth-order valence-corrected chi connectivity index (χ4v) is 5.67. The first-order chi connectivity index (χ1) is 15.9. The second-order valence-corrected chi connectivity index (χ2v) is 10.5. The number of rotatable bonds is 7. The molecule has 0 bridgehead atoms. The lowest BCUT2D eigenvalue weighted by Gasteiger charge is -2.06. The number of nitrogens with zero attached hydrogens (tertiary/aromatic N) is 3. The quantitative estimate of drug-likeness (QED) is 0.418. The normalized spacial score (nSPS) is 13.7. The molecule has 168 valence electrons. The molecule has 1 fully saturated rings. The number of aromatic nitrogens is 3. The van der Waals surface area contributed by atoms with E-state index in [2.05, 4.69) is 20.0 Å². The lowest BCUT2D eigenvalue weighted by atomic mass is 10.1. The number of anilines is 1. The minimum Gasteiger partial charge on any atom is -0.333 e. The summed E-state index contributed by atoms with van der Waals surface area (Å²) < 4.78 is 29.2. The third kappa shape index (κ3) is 4.58. The molecule has 0 aliphatic heterocycles. The van der Waals surface area contributed by atoms with Crippen molar-refractivity contribution in [3.05, 3.63) is 72.6 Å². The van der Waals surface area contributed by atoms with Crippen LogP contribution >= 0.6 is 11.3 Å². The first kappa shape index (κ1) is 21.5. The van der Waals surface area contributed by atoms with Gasteiger partial charge in [-0.3, -0.25) is 10.1 Å². The van der Waals surface area contributed by atoms with Crippen LogP contribution < -0.4 is 10.0 Å². The molecule has 2 aromatic heterocycles. The smallest absolute Gasteiger partial charge is 0.257 e. The van der Waals surface area contributed by atoms with Gasteiger partial charge in [0.2, 0.25) is 10.0 Å². The van der Waals surface area contributed by atoms with Crippen molar-refractivity contribution in [2.75, 3.05) is 5.32 Å². The average molecular weight is 480 g/mol. The molecule has 1 aliphatic rings. The van der Waals surface area contributed by atoms with Gasteiger partial charge in [-0.25, -0.2) is 23.1 Å². The highest BCUT2D eigenvalue weighted by Gasteiger charge is 2.28. The monoisotopic (exact) mass is 479 g/mol. The zero-order chi connectivity index (χ0) is 23.0. The van der Waals surface area contributed by atoms with Gasteiger partial charge in [-0.15, -0.1) is 0 Å². The molecule has 4 aromatic rings. The van der Waals surface area contributed by atoms with Crippen LogP contribution in [0.4, 0.5) is 5.13 Å². The second-order valence-electron chi connectivity index (χ2n) is 7.80. The largest absolute Gasteiger partial charge is 0.333 e. The van der Waals surface area contributed by atoms with Gasteiger partial charge in [0.05, 0.1) is 15.5 Å². The maximum absolute atomic E-state index is 12.8. The highest BCUT2D eigenvalue weighted by Crippen LogP contribution is 2.38. The summed E-state index contributed by atoms with van der Waals surface area (Å²) in [4.78, 5) is 22.9. The number of carbonyl (C=O) groups excluding carboxylic acids is 1. The number of sulfonamides is 1. The van der Waals surface area contributed by atoms with E-state index in [-0.39, 0.29) is 16.8 Å². The molecule has 10 heteroatoms. The summed E-state index contributed by atoms with van der Waals surface area (Å²) in [6, 6.07) is 15.6. The van der Waals surface area contributed by atoms with Crippen molar-refractivity contribution in [3.8, 4) is 22.0 Å². The predicted octanol–water partition coefficient (Wildman–Crippen LogP) is 3.90. The molecule has 1 amide bonds. The molecule has 1 aliphatic carbocycles. The Bertz CT molecular complexity index is 1410. The highest BCUT2D eigenvalue weighted by atomic mass is 32.2. The summed E-state index contributed by atoms with van der Waals surface area (Å²) in [5, 5.41) is 3.27. The van der Waals surface area contributed by atoms with Crippen LogP contribution in [0.2, 0.25) is 0 Å². The molecule has 0 saturated heterocycles. The van der Waals surface area contributed by atoms with Crippen molar-refractivity contribution in [1.29, 1.82) is 0 Å². The van der Waals surface area contributed by atoms with Gasteiger partial charge in [-0.05, 0) is 37.1 Å². The Labute approximate surface area is 195 Å².